The number of anilines is 1. The summed E-state index contributed by atoms with van der Waals surface area (Å²) in [7, 11) is 0. The van der Waals surface area contributed by atoms with Crippen LogP contribution in [0.25, 0.3) is 0 Å². The van der Waals surface area contributed by atoms with E-state index >= 15 is 0 Å². The van der Waals surface area contributed by atoms with E-state index in [0.717, 1.165) is 24.2 Å². The number of nitrogens with one attached hydrogen (secondary N) is 1. The zero-order valence-corrected chi connectivity index (χ0v) is 15.0. The normalized spacial score (nSPS) is 27.2. The molecule has 26 heavy (non-hydrogen) atoms. The summed E-state index contributed by atoms with van der Waals surface area (Å²) in [5.74, 6) is 0.165. The third-order valence-corrected chi connectivity index (χ3v) is 6.07. The number of rotatable bonds is 3. The molecule has 2 fully saturated rings. The van der Waals surface area contributed by atoms with Crippen LogP contribution in [0.15, 0.2) is 30.9 Å². The van der Waals surface area contributed by atoms with Gasteiger partial charge < -0.3 is 15.1 Å². The van der Waals surface area contributed by atoms with Crippen LogP contribution in [-0.4, -0.2) is 53.7 Å². The van der Waals surface area contributed by atoms with Gasteiger partial charge in [0.15, 0.2) is 0 Å². The van der Waals surface area contributed by atoms with Crippen LogP contribution in [0.3, 0.4) is 0 Å². The summed E-state index contributed by atoms with van der Waals surface area (Å²) in [5.41, 5.74) is 1.76. The zero-order chi connectivity index (χ0) is 18.5. The van der Waals surface area contributed by atoms with E-state index in [4.69, 9.17) is 0 Å². The number of amides is 3. The van der Waals surface area contributed by atoms with Gasteiger partial charge in [-0.15, -0.1) is 6.58 Å². The molecule has 0 unspecified atom stereocenters. The quantitative estimate of drug-likeness (QED) is 0.841. The number of hydrogen-bond acceptors (Lipinski definition) is 3. The van der Waals surface area contributed by atoms with Crippen molar-refractivity contribution in [3.63, 3.8) is 0 Å². The molecule has 3 aliphatic heterocycles. The Hall–Kier alpha value is -2.63. The highest BCUT2D eigenvalue weighted by molar-refractivity contribution is 6.02. The van der Waals surface area contributed by atoms with Crippen molar-refractivity contribution in [2.24, 2.45) is 11.3 Å². The molecule has 6 heteroatoms. The van der Waals surface area contributed by atoms with E-state index in [2.05, 4.69) is 18.8 Å². The van der Waals surface area contributed by atoms with E-state index in [-0.39, 0.29) is 23.6 Å². The molecule has 3 heterocycles. The number of carbonyl (C=O) groups excluding carboxylic acids is 3. The van der Waals surface area contributed by atoms with E-state index in [1.807, 2.05) is 4.90 Å². The van der Waals surface area contributed by atoms with Crippen molar-refractivity contribution in [2.45, 2.75) is 19.8 Å². The molecule has 3 amide bonds. The molecule has 1 spiro atoms. The van der Waals surface area contributed by atoms with E-state index in [1.165, 1.54) is 0 Å². The van der Waals surface area contributed by atoms with Crippen molar-refractivity contribution in [1.82, 2.24) is 9.80 Å². The maximum Gasteiger partial charge on any atom is 0.253 e. The highest BCUT2D eigenvalue weighted by Crippen LogP contribution is 2.45. The van der Waals surface area contributed by atoms with Crippen molar-refractivity contribution < 1.29 is 14.4 Å². The van der Waals surface area contributed by atoms with Gasteiger partial charge in [0.1, 0.15) is 0 Å². The number of carbonyl (C=O) groups is 3. The Bertz CT molecular complexity index is 819. The van der Waals surface area contributed by atoms with Gasteiger partial charge in [0.05, 0.1) is 11.8 Å². The van der Waals surface area contributed by atoms with Gasteiger partial charge in [0.25, 0.3) is 5.91 Å². The fourth-order valence-electron chi connectivity index (χ4n) is 4.56. The van der Waals surface area contributed by atoms with Crippen molar-refractivity contribution in [3.8, 4) is 0 Å². The maximum atomic E-state index is 13.0. The summed E-state index contributed by atoms with van der Waals surface area (Å²) in [6.45, 7) is 8.12. The Morgan fingerprint density at radius 1 is 1.42 bits per heavy atom. The third kappa shape index (κ3) is 2.43. The predicted octanol–water partition coefficient (Wildman–Crippen LogP) is 1.68. The van der Waals surface area contributed by atoms with Crippen LogP contribution in [0.5, 0.6) is 0 Å². The summed E-state index contributed by atoms with van der Waals surface area (Å²) in [6, 6.07) is 5.34. The highest BCUT2D eigenvalue weighted by atomic mass is 16.2. The number of nitrogens with zero attached hydrogens (tertiary/aromatic N) is 2. The Kier molecular flexibility index (Phi) is 3.86. The minimum atomic E-state index is -0.465. The molecule has 6 nitrogen and oxygen atoms in total. The van der Waals surface area contributed by atoms with Gasteiger partial charge in [-0.3, -0.25) is 14.4 Å². The van der Waals surface area contributed by atoms with Crippen LogP contribution in [-0.2, 0) is 16.0 Å². The second-order valence-corrected chi connectivity index (χ2v) is 7.63. The molecule has 1 N–H and O–H groups in total. The average molecular weight is 353 g/mol. The molecule has 1 aromatic carbocycles. The minimum Gasteiger partial charge on any atom is -0.338 e. The van der Waals surface area contributed by atoms with Crippen molar-refractivity contribution in [3.05, 3.63) is 42.0 Å². The van der Waals surface area contributed by atoms with Crippen molar-refractivity contribution in [1.29, 1.82) is 0 Å². The smallest absolute Gasteiger partial charge is 0.253 e. The van der Waals surface area contributed by atoms with Gasteiger partial charge in [-0.1, -0.05) is 13.0 Å². The number of fused-ring (bicyclic) bond motifs is 1. The van der Waals surface area contributed by atoms with Crippen LogP contribution in [0.2, 0.25) is 0 Å². The Balaban J connectivity index is 1.54. The van der Waals surface area contributed by atoms with E-state index < -0.39 is 5.41 Å². The number of likely N-dealkylation sites (tertiary alicyclic amines) is 2. The monoisotopic (exact) mass is 353 g/mol. The Morgan fingerprint density at radius 2 is 2.23 bits per heavy atom. The van der Waals surface area contributed by atoms with Gasteiger partial charge in [-0.05, 0) is 36.1 Å². The molecular weight excluding hydrogens is 330 g/mol. The summed E-state index contributed by atoms with van der Waals surface area (Å²) < 4.78 is 0. The predicted molar refractivity (Wildman–Crippen MR) is 97.7 cm³/mol. The molecule has 0 radical (unpaired) electrons. The molecule has 4 rings (SSSR count). The second-order valence-electron chi connectivity index (χ2n) is 7.63. The lowest BCUT2D eigenvalue weighted by atomic mass is 9.78. The van der Waals surface area contributed by atoms with E-state index in [1.54, 1.807) is 29.2 Å². The first-order chi connectivity index (χ1) is 12.4. The van der Waals surface area contributed by atoms with Crippen LogP contribution >= 0.6 is 0 Å². The van der Waals surface area contributed by atoms with Gasteiger partial charge in [-0.2, -0.15) is 0 Å². The fourth-order valence-corrected chi connectivity index (χ4v) is 4.56. The molecule has 0 saturated carbocycles. The first-order valence-corrected chi connectivity index (χ1v) is 9.07. The average Bonchev–Trinajstić information content (AvgIpc) is 3.25. The third-order valence-electron chi connectivity index (χ3n) is 6.07. The largest absolute Gasteiger partial charge is 0.338 e. The van der Waals surface area contributed by atoms with Gasteiger partial charge in [0.2, 0.25) is 11.8 Å². The van der Waals surface area contributed by atoms with Crippen molar-refractivity contribution in [2.75, 3.05) is 31.5 Å². The molecule has 0 aromatic heterocycles. The molecule has 2 saturated heterocycles. The summed E-state index contributed by atoms with van der Waals surface area (Å²) in [4.78, 5) is 41.1. The van der Waals surface area contributed by atoms with Crippen LogP contribution in [0.1, 0.15) is 29.3 Å². The van der Waals surface area contributed by atoms with E-state index in [9.17, 15) is 14.4 Å². The first kappa shape index (κ1) is 16.8. The van der Waals surface area contributed by atoms with Crippen LogP contribution in [0, 0.1) is 11.3 Å². The molecule has 1 aromatic rings. The molecular formula is C20H23N3O3. The second kappa shape index (κ2) is 5.97. The molecule has 3 aliphatic rings. The lowest BCUT2D eigenvalue weighted by Gasteiger charge is -2.26. The molecule has 0 bridgehead atoms. The lowest BCUT2D eigenvalue weighted by molar-refractivity contribution is -0.136. The van der Waals surface area contributed by atoms with Gasteiger partial charge >= 0.3 is 0 Å². The topological polar surface area (TPSA) is 69.7 Å². The standard InChI is InChI=1S/C20H23N3O3/c1-3-7-22-8-6-20(19(22)26)12-23(11-13(20)2)18(25)14-4-5-16-15(9-14)10-17(24)21-16/h3-5,9,13H,1,6-8,10-12H2,2H3,(H,21,24)/t13-,20-/m1/s1. The molecule has 0 aliphatic carbocycles. The summed E-state index contributed by atoms with van der Waals surface area (Å²) in [6.07, 6.45) is 2.85. The zero-order valence-electron chi connectivity index (χ0n) is 15.0. The van der Waals surface area contributed by atoms with E-state index in [0.29, 0.717) is 31.6 Å². The van der Waals surface area contributed by atoms with Crippen LogP contribution in [0.4, 0.5) is 5.69 Å². The van der Waals surface area contributed by atoms with Crippen molar-refractivity contribution >= 4 is 23.4 Å². The molecule has 136 valence electrons. The van der Waals surface area contributed by atoms with Crippen LogP contribution < -0.4 is 5.32 Å². The Labute approximate surface area is 152 Å². The molecule has 2 atom stereocenters. The number of hydrogen-bond donors (Lipinski definition) is 1. The lowest BCUT2D eigenvalue weighted by Crippen LogP contribution is -2.40. The Morgan fingerprint density at radius 3 is 3.00 bits per heavy atom. The fraction of sp³-hybridized carbons (Fsp3) is 0.450. The SMILES string of the molecule is C=CCN1CC[C@]2(CN(C(=O)c3ccc4c(c3)CC(=O)N4)C[C@H]2C)C1=O. The summed E-state index contributed by atoms with van der Waals surface area (Å²) in [5, 5.41) is 2.78. The van der Waals surface area contributed by atoms with Gasteiger partial charge in [-0.25, -0.2) is 0 Å². The number of benzene rings is 1. The highest BCUT2D eigenvalue weighted by Gasteiger charge is 2.55. The summed E-state index contributed by atoms with van der Waals surface area (Å²) >= 11 is 0. The maximum absolute atomic E-state index is 13.0. The minimum absolute atomic E-state index is 0.0443. The van der Waals surface area contributed by atoms with Gasteiger partial charge in [0, 0.05) is 37.4 Å². The first-order valence-electron chi connectivity index (χ1n) is 9.07.